The summed E-state index contributed by atoms with van der Waals surface area (Å²) < 4.78 is 7.63. The van der Waals surface area contributed by atoms with Crippen LogP contribution in [0.4, 0.5) is 0 Å². The van der Waals surface area contributed by atoms with Crippen LogP contribution in [0.15, 0.2) is 67.0 Å². The summed E-state index contributed by atoms with van der Waals surface area (Å²) in [7, 11) is 6.08. The Morgan fingerprint density at radius 3 is 2.29 bits per heavy atom. The van der Waals surface area contributed by atoms with Gasteiger partial charge in [-0.05, 0) is 49.3 Å². The van der Waals surface area contributed by atoms with Crippen LogP contribution in [0.25, 0.3) is 0 Å². The van der Waals surface area contributed by atoms with Gasteiger partial charge in [-0.1, -0.05) is 42.5 Å². The predicted molar refractivity (Wildman–Crippen MR) is 124 cm³/mol. The summed E-state index contributed by atoms with van der Waals surface area (Å²) in [4.78, 5) is 4.41. The molecule has 3 aromatic rings. The highest BCUT2D eigenvalue weighted by molar-refractivity contribution is 5.27. The molecule has 1 atom stereocenters. The lowest BCUT2D eigenvalue weighted by atomic mass is 10.2. The first-order valence-corrected chi connectivity index (χ1v) is 10.8. The van der Waals surface area contributed by atoms with E-state index in [1.165, 1.54) is 16.7 Å². The van der Waals surface area contributed by atoms with E-state index in [9.17, 15) is 5.11 Å². The molecule has 3 rings (SSSR count). The van der Waals surface area contributed by atoms with Crippen LogP contribution in [0.3, 0.4) is 0 Å². The molecule has 0 aliphatic heterocycles. The summed E-state index contributed by atoms with van der Waals surface area (Å²) >= 11 is 0. The first-order chi connectivity index (χ1) is 15.0. The van der Waals surface area contributed by atoms with E-state index in [-0.39, 0.29) is 6.61 Å². The quantitative estimate of drug-likeness (QED) is 0.486. The molecule has 0 aliphatic carbocycles. The van der Waals surface area contributed by atoms with Gasteiger partial charge in [-0.15, -0.1) is 0 Å². The van der Waals surface area contributed by atoms with E-state index in [0.717, 1.165) is 31.8 Å². The lowest BCUT2D eigenvalue weighted by Gasteiger charge is -2.21. The smallest absolute Gasteiger partial charge is 0.119 e. The molecule has 31 heavy (non-hydrogen) atoms. The Labute approximate surface area is 185 Å². The van der Waals surface area contributed by atoms with Gasteiger partial charge >= 0.3 is 0 Å². The van der Waals surface area contributed by atoms with Crippen LogP contribution in [-0.2, 0) is 26.6 Å². The molecule has 0 unspecified atom stereocenters. The van der Waals surface area contributed by atoms with Gasteiger partial charge in [0.05, 0.1) is 6.20 Å². The highest BCUT2D eigenvalue weighted by atomic mass is 16.5. The van der Waals surface area contributed by atoms with Crippen LogP contribution in [0.1, 0.15) is 16.7 Å². The molecule has 0 fully saturated rings. The molecule has 6 nitrogen and oxygen atoms in total. The molecular weight excluding hydrogens is 388 g/mol. The van der Waals surface area contributed by atoms with E-state index in [0.29, 0.717) is 6.54 Å². The number of aromatic nitrogens is 2. The van der Waals surface area contributed by atoms with Gasteiger partial charge in [-0.3, -0.25) is 9.58 Å². The monoisotopic (exact) mass is 422 g/mol. The minimum atomic E-state index is -0.535. The van der Waals surface area contributed by atoms with Gasteiger partial charge in [-0.25, -0.2) is 0 Å². The second-order valence-corrected chi connectivity index (χ2v) is 8.30. The van der Waals surface area contributed by atoms with Crippen molar-refractivity contribution < 1.29 is 9.84 Å². The van der Waals surface area contributed by atoms with E-state index in [1.54, 1.807) is 0 Å². The van der Waals surface area contributed by atoms with Gasteiger partial charge in [0.2, 0.25) is 0 Å². The molecule has 0 aliphatic rings. The summed E-state index contributed by atoms with van der Waals surface area (Å²) in [5.41, 5.74) is 3.73. The maximum Gasteiger partial charge on any atom is 0.119 e. The summed E-state index contributed by atoms with van der Waals surface area (Å²) in [5.74, 6) is 0.784. The maximum absolute atomic E-state index is 10.3. The van der Waals surface area contributed by atoms with Crippen molar-refractivity contribution in [1.82, 2.24) is 19.6 Å². The van der Waals surface area contributed by atoms with Crippen LogP contribution < -0.4 is 4.74 Å². The SMILES string of the molecule is CN(CCc1cnn(C)c1)Cc1ccc(OC[C@@H](O)CN(C)Cc2ccccc2)cc1. The van der Waals surface area contributed by atoms with Crippen molar-refractivity contribution in [3.8, 4) is 5.75 Å². The fraction of sp³-hybridized carbons (Fsp3) is 0.400. The molecule has 1 aromatic heterocycles. The zero-order chi connectivity index (χ0) is 22.1. The first kappa shape index (κ1) is 23.0. The molecule has 6 heteroatoms. The molecular formula is C25H34N4O2. The van der Waals surface area contributed by atoms with Crippen LogP contribution in [-0.4, -0.2) is 64.6 Å². The van der Waals surface area contributed by atoms with Gasteiger partial charge in [0, 0.05) is 39.4 Å². The lowest BCUT2D eigenvalue weighted by molar-refractivity contribution is 0.0744. The minimum absolute atomic E-state index is 0.281. The third-order valence-electron chi connectivity index (χ3n) is 5.18. The molecule has 0 spiro atoms. The molecule has 0 bridgehead atoms. The van der Waals surface area contributed by atoms with Gasteiger partial charge in [0.15, 0.2) is 0 Å². The normalized spacial score (nSPS) is 12.5. The Morgan fingerprint density at radius 2 is 1.61 bits per heavy atom. The zero-order valence-corrected chi connectivity index (χ0v) is 18.8. The number of nitrogens with zero attached hydrogens (tertiary/aromatic N) is 4. The fourth-order valence-corrected chi connectivity index (χ4v) is 3.57. The largest absolute Gasteiger partial charge is 0.491 e. The molecule has 0 saturated carbocycles. The Kier molecular flexibility index (Phi) is 8.64. The van der Waals surface area contributed by atoms with E-state index < -0.39 is 6.10 Å². The molecule has 0 saturated heterocycles. The lowest BCUT2D eigenvalue weighted by Crippen LogP contribution is -2.32. The molecule has 2 aromatic carbocycles. The predicted octanol–water partition coefficient (Wildman–Crippen LogP) is 2.97. The topological polar surface area (TPSA) is 53.8 Å². The Hall–Kier alpha value is -2.67. The number of likely N-dealkylation sites (N-methyl/N-ethyl adjacent to an activating group) is 2. The number of ether oxygens (including phenoxy) is 1. The van der Waals surface area contributed by atoms with Crippen LogP contribution in [0, 0.1) is 0 Å². The summed E-state index contributed by atoms with van der Waals surface area (Å²) in [6.45, 7) is 3.51. The Bertz CT molecular complexity index is 895. The van der Waals surface area contributed by atoms with Crippen LogP contribution in [0.2, 0.25) is 0 Å². The maximum atomic E-state index is 10.3. The zero-order valence-electron chi connectivity index (χ0n) is 18.8. The second-order valence-electron chi connectivity index (χ2n) is 8.30. The molecule has 166 valence electrons. The van der Waals surface area contributed by atoms with Crippen molar-refractivity contribution in [2.24, 2.45) is 7.05 Å². The number of benzene rings is 2. The fourth-order valence-electron chi connectivity index (χ4n) is 3.57. The van der Waals surface area contributed by atoms with E-state index >= 15 is 0 Å². The number of aryl methyl sites for hydroxylation is 1. The van der Waals surface area contributed by atoms with Crippen molar-refractivity contribution in [2.45, 2.75) is 25.6 Å². The standard InChI is InChI=1S/C25H34N4O2/c1-27(14-13-23-15-26-29(3)18-23)16-22-9-11-25(12-10-22)31-20-24(30)19-28(2)17-21-7-5-4-6-8-21/h4-12,15,18,24,30H,13-14,16-17,19-20H2,1-3H3/t24-/m0/s1. The van der Waals surface area contributed by atoms with Gasteiger partial charge < -0.3 is 14.7 Å². The van der Waals surface area contributed by atoms with E-state index in [4.69, 9.17) is 4.74 Å². The van der Waals surface area contributed by atoms with Crippen molar-refractivity contribution in [3.63, 3.8) is 0 Å². The van der Waals surface area contributed by atoms with Gasteiger partial charge in [0.1, 0.15) is 18.5 Å². The summed E-state index contributed by atoms with van der Waals surface area (Å²) in [6, 6.07) is 18.4. The second kappa shape index (κ2) is 11.6. The third-order valence-corrected chi connectivity index (χ3v) is 5.18. The molecule has 1 heterocycles. The Morgan fingerprint density at radius 1 is 0.935 bits per heavy atom. The van der Waals surface area contributed by atoms with Crippen LogP contribution in [0.5, 0.6) is 5.75 Å². The number of aliphatic hydroxyl groups is 1. The average molecular weight is 423 g/mol. The number of hydrogen-bond donors (Lipinski definition) is 1. The Balaban J connectivity index is 1.36. The van der Waals surface area contributed by atoms with Crippen molar-refractivity contribution in [2.75, 3.05) is 33.8 Å². The van der Waals surface area contributed by atoms with Gasteiger partial charge in [-0.2, -0.15) is 5.10 Å². The molecule has 1 N–H and O–H groups in total. The number of aliphatic hydroxyl groups excluding tert-OH is 1. The highest BCUT2D eigenvalue weighted by Gasteiger charge is 2.10. The number of rotatable bonds is 12. The van der Waals surface area contributed by atoms with Crippen molar-refractivity contribution >= 4 is 0 Å². The molecule has 0 radical (unpaired) electrons. The minimum Gasteiger partial charge on any atom is -0.491 e. The average Bonchev–Trinajstić information content (AvgIpc) is 3.17. The van der Waals surface area contributed by atoms with Gasteiger partial charge in [0.25, 0.3) is 0 Å². The first-order valence-electron chi connectivity index (χ1n) is 10.8. The van der Waals surface area contributed by atoms with E-state index in [1.807, 2.05) is 55.3 Å². The molecule has 0 amide bonds. The van der Waals surface area contributed by atoms with Crippen molar-refractivity contribution in [3.05, 3.63) is 83.7 Å². The highest BCUT2D eigenvalue weighted by Crippen LogP contribution is 2.14. The summed E-state index contributed by atoms with van der Waals surface area (Å²) in [6.07, 6.45) is 4.44. The number of hydrogen-bond acceptors (Lipinski definition) is 5. The van der Waals surface area contributed by atoms with Crippen LogP contribution >= 0.6 is 0 Å². The summed E-state index contributed by atoms with van der Waals surface area (Å²) in [5, 5.41) is 14.5. The van der Waals surface area contributed by atoms with E-state index in [2.05, 4.69) is 52.4 Å². The van der Waals surface area contributed by atoms with Crippen molar-refractivity contribution in [1.29, 1.82) is 0 Å². The third kappa shape index (κ3) is 8.17.